The van der Waals surface area contributed by atoms with E-state index < -0.39 is 0 Å². The lowest BCUT2D eigenvalue weighted by molar-refractivity contribution is -0.130. The van der Waals surface area contributed by atoms with Crippen molar-refractivity contribution in [3.05, 3.63) is 16.1 Å². The molecule has 0 bridgehead atoms. The van der Waals surface area contributed by atoms with E-state index in [1.54, 1.807) is 5.38 Å². The van der Waals surface area contributed by atoms with Gasteiger partial charge in [-0.05, 0) is 25.8 Å². The topological polar surface area (TPSA) is 88.3 Å². The number of thiazole rings is 1. The number of hydrogen-bond donors (Lipinski definition) is 2. The molecule has 1 aliphatic heterocycles. The van der Waals surface area contributed by atoms with Crippen molar-refractivity contribution in [3.63, 3.8) is 0 Å². The molecule has 0 unspecified atom stereocenters. The quantitative estimate of drug-likeness (QED) is 0.835. The second-order valence-electron chi connectivity index (χ2n) is 4.79. The minimum absolute atomic E-state index is 0. The molecule has 118 valence electrons. The number of carbonyl (C=O) groups excluding carboxylic acids is 2. The number of nitrogens with one attached hydrogen (secondary N) is 1. The number of carbonyl (C=O) groups is 2. The average molecular weight is 333 g/mol. The van der Waals surface area contributed by atoms with E-state index in [0.29, 0.717) is 18.7 Å². The maximum atomic E-state index is 11.9. The van der Waals surface area contributed by atoms with Gasteiger partial charge in [0.1, 0.15) is 5.69 Å². The van der Waals surface area contributed by atoms with Gasteiger partial charge in [-0.2, -0.15) is 0 Å². The van der Waals surface area contributed by atoms with E-state index >= 15 is 0 Å². The Morgan fingerprint density at radius 3 is 2.71 bits per heavy atom. The zero-order chi connectivity index (χ0) is 14.4. The average Bonchev–Trinajstić information content (AvgIpc) is 2.94. The molecule has 1 saturated heterocycles. The van der Waals surface area contributed by atoms with Gasteiger partial charge >= 0.3 is 0 Å². The fraction of sp³-hybridized carbons (Fsp3) is 0.615. The molecule has 0 atom stereocenters. The number of piperidine rings is 1. The lowest BCUT2D eigenvalue weighted by Gasteiger charge is -2.26. The second kappa shape index (κ2) is 8.96. The van der Waals surface area contributed by atoms with Crippen molar-refractivity contribution < 1.29 is 9.59 Å². The fourth-order valence-electron chi connectivity index (χ4n) is 2.16. The molecular weight excluding hydrogens is 312 g/mol. The Morgan fingerprint density at radius 1 is 1.33 bits per heavy atom. The van der Waals surface area contributed by atoms with Gasteiger partial charge in [0.15, 0.2) is 0 Å². The van der Waals surface area contributed by atoms with Gasteiger partial charge in [-0.3, -0.25) is 9.59 Å². The lowest BCUT2D eigenvalue weighted by atomic mass is 10.1. The Kier molecular flexibility index (Phi) is 7.63. The van der Waals surface area contributed by atoms with Crippen LogP contribution >= 0.6 is 23.7 Å². The number of likely N-dealkylation sites (tertiary alicyclic amines) is 1. The van der Waals surface area contributed by atoms with Crippen LogP contribution in [0.15, 0.2) is 5.38 Å². The van der Waals surface area contributed by atoms with E-state index in [2.05, 4.69) is 10.3 Å². The highest BCUT2D eigenvalue weighted by molar-refractivity contribution is 7.09. The molecule has 8 heteroatoms. The van der Waals surface area contributed by atoms with Crippen molar-refractivity contribution in [2.45, 2.75) is 25.7 Å². The standard InChI is InChI=1S/C13H20N4O2S.ClH/c14-5-4-11-16-10(9-20-11)13(19)15-8-12(18)17-6-2-1-3-7-17;/h9H,1-8,14H2,(H,15,19);1H. The van der Waals surface area contributed by atoms with Crippen LogP contribution in [0.4, 0.5) is 0 Å². The highest BCUT2D eigenvalue weighted by atomic mass is 35.5. The Labute approximate surface area is 134 Å². The van der Waals surface area contributed by atoms with Gasteiger partial charge in [0, 0.05) is 24.9 Å². The van der Waals surface area contributed by atoms with E-state index in [9.17, 15) is 9.59 Å². The maximum Gasteiger partial charge on any atom is 0.271 e. The zero-order valence-electron chi connectivity index (χ0n) is 11.8. The Morgan fingerprint density at radius 2 is 2.05 bits per heavy atom. The van der Waals surface area contributed by atoms with Gasteiger partial charge in [0.2, 0.25) is 5.91 Å². The molecule has 3 N–H and O–H groups in total. The van der Waals surface area contributed by atoms with Crippen LogP contribution in [0.1, 0.15) is 34.8 Å². The van der Waals surface area contributed by atoms with Crippen LogP contribution < -0.4 is 11.1 Å². The number of halogens is 1. The summed E-state index contributed by atoms with van der Waals surface area (Å²) in [4.78, 5) is 29.8. The van der Waals surface area contributed by atoms with Gasteiger partial charge in [0.05, 0.1) is 11.6 Å². The minimum atomic E-state index is -0.296. The van der Waals surface area contributed by atoms with Gasteiger partial charge < -0.3 is 16.0 Å². The lowest BCUT2D eigenvalue weighted by Crippen LogP contribution is -2.42. The predicted octanol–water partition coefficient (Wildman–Crippen LogP) is 0.808. The smallest absolute Gasteiger partial charge is 0.271 e. The van der Waals surface area contributed by atoms with Gasteiger partial charge in [-0.25, -0.2) is 4.98 Å². The Balaban J connectivity index is 0.00000220. The first kappa shape index (κ1) is 17.9. The first-order valence-corrected chi connectivity index (χ1v) is 7.79. The summed E-state index contributed by atoms with van der Waals surface area (Å²) in [6.07, 6.45) is 3.95. The molecule has 2 amide bonds. The van der Waals surface area contributed by atoms with Gasteiger partial charge in [-0.15, -0.1) is 23.7 Å². The second-order valence-corrected chi connectivity index (χ2v) is 5.73. The van der Waals surface area contributed by atoms with Crippen LogP contribution in [0.25, 0.3) is 0 Å². The van der Waals surface area contributed by atoms with Crippen molar-refractivity contribution >= 4 is 35.6 Å². The monoisotopic (exact) mass is 332 g/mol. The molecule has 21 heavy (non-hydrogen) atoms. The van der Waals surface area contributed by atoms with Crippen LogP contribution in [-0.4, -0.2) is 47.9 Å². The van der Waals surface area contributed by atoms with Crippen LogP contribution in [0.5, 0.6) is 0 Å². The molecule has 0 aromatic carbocycles. The third-order valence-corrected chi connectivity index (χ3v) is 4.16. The van der Waals surface area contributed by atoms with Crippen molar-refractivity contribution in [1.82, 2.24) is 15.2 Å². The number of amides is 2. The maximum absolute atomic E-state index is 11.9. The largest absolute Gasteiger partial charge is 0.342 e. The highest BCUT2D eigenvalue weighted by Gasteiger charge is 2.18. The summed E-state index contributed by atoms with van der Waals surface area (Å²) in [7, 11) is 0. The summed E-state index contributed by atoms with van der Waals surface area (Å²) in [5, 5.41) is 5.18. The van der Waals surface area contributed by atoms with Crippen molar-refractivity contribution in [1.29, 1.82) is 0 Å². The Bertz CT molecular complexity index is 474. The summed E-state index contributed by atoms with van der Waals surface area (Å²) in [5.74, 6) is -0.314. The Hall–Kier alpha value is -1.18. The minimum Gasteiger partial charge on any atom is -0.342 e. The number of nitrogens with zero attached hydrogens (tertiary/aromatic N) is 2. The van der Waals surface area contributed by atoms with Crippen molar-refractivity contribution in [2.75, 3.05) is 26.2 Å². The number of nitrogens with two attached hydrogens (primary N) is 1. The first-order valence-electron chi connectivity index (χ1n) is 6.91. The number of aromatic nitrogens is 1. The summed E-state index contributed by atoms with van der Waals surface area (Å²) in [6, 6.07) is 0. The van der Waals surface area contributed by atoms with Crippen LogP contribution in [0.3, 0.4) is 0 Å². The van der Waals surface area contributed by atoms with E-state index in [1.807, 2.05) is 4.90 Å². The molecule has 0 saturated carbocycles. The van der Waals surface area contributed by atoms with Crippen LogP contribution in [-0.2, 0) is 11.2 Å². The summed E-state index contributed by atoms with van der Waals surface area (Å²) < 4.78 is 0. The molecule has 1 fully saturated rings. The van der Waals surface area contributed by atoms with Crippen LogP contribution in [0.2, 0.25) is 0 Å². The normalized spacial score (nSPS) is 14.4. The van der Waals surface area contributed by atoms with Gasteiger partial charge in [-0.1, -0.05) is 0 Å². The number of hydrogen-bond acceptors (Lipinski definition) is 5. The van der Waals surface area contributed by atoms with E-state index in [-0.39, 0.29) is 30.8 Å². The summed E-state index contributed by atoms with van der Waals surface area (Å²) in [5.41, 5.74) is 5.81. The van der Waals surface area contributed by atoms with Crippen LogP contribution in [0, 0.1) is 0 Å². The molecule has 2 rings (SSSR count). The summed E-state index contributed by atoms with van der Waals surface area (Å²) in [6.45, 7) is 2.16. The van der Waals surface area contributed by atoms with Crippen molar-refractivity contribution in [2.24, 2.45) is 5.73 Å². The highest BCUT2D eigenvalue weighted by Crippen LogP contribution is 2.10. The zero-order valence-corrected chi connectivity index (χ0v) is 13.5. The molecular formula is C13H21ClN4O2S. The summed E-state index contributed by atoms with van der Waals surface area (Å²) >= 11 is 1.42. The molecule has 1 aromatic rings. The predicted molar refractivity (Wildman–Crippen MR) is 84.9 cm³/mol. The molecule has 1 aliphatic rings. The molecule has 0 radical (unpaired) electrons. The third-order valence-electron chi connectivity index (χ3n) is 3.25. The van der Waals surface area contributed by atoms with E-state index in [4.69, 9.17) is 5.73 Å². The fourth-order valence-corrected chi connectivity index (χ4v) is 2.95. The first-order chi connectivity index (χ1) is 9.70. The molecule has 1 aromatic heterocycles. The van der Waals surface area contributed by atoms with Crippen molar-refractivity contribution in [3.8, 4) is 0 Å². The molecule has 2 heterocycles. The molecule has 6 nitrogen and oxygen atoms in total. The molecule has 0 spiro atoms. The molecule has 0 aliphatic carbocycles. The number of rotatable bonds is 5. The third kappa shape index (κ3) is 5.26. The van der Waals surface area contributed by atoms with E-state index in [1.165, 1.54) is 17.8 Å². The van der Waals surface area contributed by atoms with E-state index in [0.717, 1.165) is 30.9 Å². The SMILES string of the molecule is Cl.NCCc1nc(C(=O)NCC(=O)N2CCCCC2)cs1. The van der Waals surface area contributed by atoms with Gasteiger partial charge in [0.25, 0.3) is 5.91 Å².